The van der Waals surface area contributed by atoms with Gasteiger partial charge in [0.15, 0.2) is 5.16 Å². The van der Waals surface area contributed by atoms with Gasteiger partial charge in [-0.1, -0.05) is 48.5 Å². The SMILES string of the molecule is CNC(c1ccc(C)cc1)C(C)Sc1ncc(C)cn1. The fraction of sp³-hybridized carbons (Fsp3) is 0.375. The zero-order valence-electron chi connectivity index (χ0n) is 12.4. The van der Waals surface area contributed by atoms with Gasteiger partial charge in [-0.05, 0) is 32.0 Å². The first-order valence-electron chi connectivity index (χ1n) is 6.79. The average Bonchev–Trinajstić information content (AvgIpc) is 2.44. The molecule has 0 amide bonds. The number of benzene rings is 1. The van der Waals surface area contributed by atoms with Crippen LogP contribution in [0.25, 0.3) is 0 Å². The second kappa shape index (κ2) is 6.86. The highest BCUT2D eigenvalue weighted by atomic mass is 32.2. The number of rotatable bonds is 5. The quantitative estimate of drug-likeness (QED) is 0.674. The van der Waals surface area contributed by atoms with E-state index in [9.17, 15) is 0 Å². The largest absolute Gasteiger partial charge is 0.312 e. The van der Waals surface area contributed by atoms with Crippen molar-refractivity contribution in [3.63, 3.8) is 0 Å². The summed E-state index contributed by atoms with van der Waals surface area (Å²) < 4.78 is 0. The zero-order chi connectivity index (χ0) is 14.5. The molecule has 0 saturated carbocycles. The third-order valence-corrected chi connectivity index (χ3v) is 4.33. The van der Waals surface area contributed by atoms with Gasteiger partial charge in [0.05, 0.1) is 0 Å². The molecule has 0 aliphatic carbocycles. The third-order valence-electron chi connectivity index (χ3n) is 3.27. The minimum atomic E-state index is 0.283. The Morgan fingerprint density at radius 3 is 2.15 bits per heavy atom. The number of hydrogen-bond donors (Lipinski definition) is 1. The Bertz CT molecular complexity index is 537. The fourth-order valence-corrected chi connectivity index (χ4v) is 3.11. The summed E-state index contributed by atoms with van der Waals surface area (Å²) in [6, 6.07) is 8.96. The topological polar surface area (TPSA) is 37.8 Å². The summed E-state index contributed by atoms with van der Waals surface area (Å²) in [6.07, 6.45) is 3.73. The zero-order valence-corrected chi connectivity index (χ0v) is 13.2. The molecular formula is C16H21N3S. The molecule has 0 spiro atoms. The minimum Gasteiger partial charge on any atom is -0.312 e. The van der Waals surface area contributed by atoms with Crippen LogP contribution in [0.1, 0.15) is 29.7 Å². The van der Waals surface area contributed by atoms with E-state index in [0.29, 0.717) is 5.25 Å². The first-order valence-corrected chi connectivity index (χ1v) is 7.67. The monoisotopic (exact) mass is 287 g/mol. The number of thioether (sulfide) groups is 1. The minimum absolute atomic E-state index is 0.283. The second-order valence-corrected chi connectivity index (χ2v) is 6.39. The van der Waals surface area contributed by atoms with E-state index < -0.39 is 0 Å². The van der Waals surface area contributed by atoms with Crippen LogP contribution < -0.4 is 5.32 Å². The van der Waals surface area contributed by atoms with E-state index in [1.165, 1.54) is 11.1 Å². The van der Waals surface area contributed by atoms with E-state index in [1.54, 1.807) is 11.8 Å². The van der Waals surface area contributed by atoms with Gasteiger partial charge in [-0.2, -0.15) is 0 Å². The molecule has 0 fully saturated rings. The molecule has 0 bridgehead atoms. The molecule has 3 nitrogen and oxygen atoms in total. The highest BCUT2D eigenvalue weighted by molar-refractivity contribution is 7.99. The van der Waals surface area contributed by atoms with Crippen molar-refractivity contribution in [2.45, 2.75) is 37.2 Å². The molecule has 0 aliphatic rings. The van der Waals surface area contributed by atoms with Crippen LogP contribution in [0.4, 0.5) is 0 Å². The average molecular weight is 287 g/mol. The first kappa shape index (κ1) is 15.0. The molecule has 106 valence electrons. The summed E-state index contributed by atoms with van der Waals surface area (Å²) in [5, 5.41) is 4.57. The number of aromatic nitrogens is 2. The van der Waals surface area contributed by atoms with E-state index in [-0.39, 0.29) is 6.04 Å². The van der Waals surface area contributed by atoms with Crippen LogP contribution in [0.3, 0.4) is 0 Å². The van der Waals surface area contributed by atoms with Crippen molar-refractivity contribution in [1.82, 2.24) is 15.3 Å². The lowest BCUT2D eigenvalue weighted by Gasteiger charge is -2.23. The van der Waals surface area contributed by atoms with E-state index >= 15 is 0 Å². The van der Waals surface area contributed by atoms with Gasteiger partial charge in [-0.25, -0.2) is 9.97 Å². The number of nitrogens with one attached hydrogen (secondary N) is 1. The standard InChI is InChI=1S/C16H21N3S/c1-11-5-7-14(8-6-11)15(17-4)13(3)20-16-18-9-12(2)10-19-16/h5-10,13,15,17H,1-4H3. The molecule has 1 aromatic carbocycles. The van der Waals surface area contributed by atoms with Crippen molar-refractivity contribution in [2.75, 3.05) is 7.05 Å². The molecule has 1 N–H and O–H groups in total. The number of hydrogen-bond acceptors (Lipinski definition) is 4. The van der Waals surface area contributed by atoms with Crippen LogP contribution in [0, 0.1) is 13.8 Å². The molecule has 0 saturated heterocycles. The van der Waals surface area contributed by atoms with Crippen LogP contribution in [-0.4, -0.2) is 22.3 Å². The molecule has 0 radical (unpaired) electrons. The summed E-state index contributed by atoms with van der Waals surface area (Å²) in [5.74, 6) is 0. The third kappa shape index (κ3) is 3.81. The van der Waals surface area contributed by atoms with Crippen LogP contribution >= 0.6 is 11.8 Å². The van der Waals surface area contributed by atoms with Crippen molar-refractivity contribution < 1.29 is 0 Å². The maximum Gasteiger partial charge on any atom is 0.187 e. The van der Waals surface area contributed by atoms with Crippen molar-refractivity contribution >= 4 is 11.8 Å². The molecule has 2 unspecified atom stereocenters. The van der Waals surface area contributed by atoms with Crippen molar-refractivity contribution in [2.24, 2.45) is 0 Å². The van der Waals surface area contributed by atoms with E-state index in [2.05, 4.69) is 53.4 Å². The lowest BCUT2D eigenvalue weighted by Crippen LogP contribution is -2.25. The number of aryl methyl sites for hydroxylation is 2. The smallest absolute Gasteiger partial charge is 0.187 e. The molecule has 4 heteroatoms. The molecule has 2 aromatic rings. The van der Waals surface area contributed by atoms with Gasteiger partial charge in [0, 0.05) is 23.7 Å². The second-order valence-electron chi connectivity index (χ2n) is 5.04. The molecule has 20 heavy (non-hydrogen) atoms. The molecule has 1 aromatic heterocycles. The Kier molecular flexibility index (Phi) is 5.15. The lowest BCUT2D eigenvalue weighted by molar-refractivity contribution is 0.588. The van der Waals surface area contributed by atoms with Gasteiger partial charge in [0.1, 0.15) is 0 Å². The first-order chi connectivity index (χ1) is 9.60. The predicted molar refractivity (Wildman–Crippen MR) is 85.1 cm³/mol. The lowest BCUT2D eigenvalue weighted by atomic mass is 10.0. The van der Waals surface area contributed by atoms with Gasteiger partial charge in [-0.3, -0.25) is 0 Å². The molecule has 1 heterocycles. The molecule has 0 aliphatic heterocycles. The Balaban J connectivity index is 2.10. The Morgan fingerprint density at radius 1 is 1.00 bits per heavy atom. The fourth-order valence-electron chi connectivity index (χ4n) is 2.12. The summed E-state index contributed by atoms with van der Waals surface area (Å²) in [4.78, 5) is 8.73. The molecule has 2 rings (SSSR count). The predicted octanol–water partition coefficient (Wildman–Crippen LogP) is 3.53. The summed E-state index contributed by atoms with van der Waals surface area (Å²) in [7, 11) is 2.00. The van der Waals surface area contributed by atoms with Gasteiger partial charge >= 0.3 is 0 Å². The van der Waals surface area contributed by atoms with Crippen molar-refractivity contribution in [1.29, 1.82) is 0 Å². The van der Waals surface area contributed by atoms with Crippen molar-refractivity contribution in [3.8, 4) is 0 Å². The van der Waals surface area contributed by atoms with Gasteiger partial charge < -0.3 is 5.32 Å². The molecule has 2 atom stereocenters. The van der Waals surface area contributed by atoms with Crippen LogP contribution in [0.15, 0.2) is 41.8 Å². The highest BCUT2D eigenvalue weighted by Gasteiger charge is 2.19. The summed E-state index contributed by atoms with van der Waals surface area (Å²) >= 11 is 1.70. The Hall–Kier alpha value is -1.39. The van der Waals surface area contributed by atoms with Gasteiger partial charge in [-0.15, -0.1) is 0 Å². The summed E-state index contributed by atoms with van der Waals surface area (Å²) in [6.45, 7) is 6.31. The Morgan fingerprint density at radius 2 is 1.60 bits per heavy atom. The Labute approximate surface area is 125 Å². The number of nitrogens with zero attached hydrogens (tertiary/aromatic N) is 2. The molecular weight excluding hydrogens is 266 g/mol. The van der Waals surface area contributed by atoms with Gasteiger partial charge in [0.25, 0.3) is 0 Å². The van der Waals surface area contributed by atoms with E-state index in [1.807, 2.05) is 26.4 Å². The summed E-state index contributed by atoms with van der Waals surface area (Å²) in [5.41, 5.74) is 3.67. The maximum atomic E-state index is 4.37. The van der Waals surface area contributed by atoms with Gasteiger partial charge in [0.2, 0.25) is 0 Å². The van der Waals surface area contributed by atoms with Crippen LogP contribution in [0.5, 0.6) is 0 Å². The maximum absolute atomic E-state index is 4.37. The normalized spacial score (nSPS) is 14.0. The van der Waals surface area contributed by atoms with E-state index in [4.69, 9.17) is 0 Å². The van der Waals surface area contributed by atoms with E-state index in [0.717, 1.165) is 10.7 Å². The van der Waals surface area contributed by atoms with Crippen LogP contribution in [-0.2, 0) is 0 Å². The van der Waals surface area contributed by atoms with Crippen molar-refractivity contribution in [3.05, 3.63) is 53.3 Å². The van der Waals surface area contributed by atoms with Crippen LogP contribution in [0.2, 0.25) is 0 Å². The highest BCUT2D eigenvalue weighted by Crippen LogP contribution is 2.29.